The van der Waals surface area contributed by atoms with E-state index >= 15 is 0 Å². The van der Waals surface area contributed by atoms with Crippen LogP contribution in [0.15, 0.2) is 45.6 Å². The summed E-state index contributed by atoms with van der Waals surface area (Å²) in [7, 11) is 0. The van der Waals surface area contributed by atoms with Crippen molar-refractivity contribution in [1.29, 1.82) is 0 Å². The SMILES string of the molecule is CCCCOOC1(C)C=C(C(=O)OOC(=O)C2=CC(C)(OOCCCC)C(C)=C(C)C2(C)OOCCCC)C(C)(OOCCCC)C(C)=C1C. The van der Waals surface area contributed by atoms with E-state index in [1.807, 2.05) is 55.4 Å². The molecule has 0 radical (unpaired) electrons. The Morgan fingerprint density at radius 2 is 0.760 bits per heavy atom. The van der Waals surface area contributed by atoms with Gasteiger partial charge in [-0.05, 0) is 116 Å². The summed E-state index contributed by atoms with van der Waals surface area (Å²) >= 11 is 0. The molecule has 0 heterocycles. The summed E-state index contributed by atoms with van der Waals surface area (Å²) in [4.78, 5) is 84.1. The van der Waals surface area contributed by atoms with Gasteiger partial charge in [0.2, 0.25) is 0 Å². The van der Waals surface area contributed by atoms with Gasteiger partial charge in [-0.15, -0.1) is 0 Å². The van der Waals surface area contributed by atoms with E-state index in [0.29, 0.717) is 37.6 Å². The molecule has 2 rings (SSSR count). The van der Waals surface area contributed by atoms with E-state index in [1.54, 1.807) is 39.8 Å². The lowest BCUT2D eigenvalue weighted by Crippen LogP contribution is -2.47. The average Bonchev–Trinajstić information content (AvgIpc) is 3.10. The molecule has 50 heavy (non-hydrogen) atoms. The number of rotatable bonds is 22. The summed E-state index contributed by atoms with van der Waals surface area (Å²) in [5, 5.41) is 0. The van der Waals surface area contributed by atoms with Gasteiger partial charge in [0.15, 0.2) is 11.2 Å². The van der Waals surface area contributed by atoms with Crippen LogP contribution in [0.2, 0.25) is 0 Å². The quantitative estimate of drug-likeness (QED) is 0.0462. The first-order valence-corrected chi connectivity index (χ1v) is 18.1. The van der Waals surface area contributed by atoms with Gasteiger partial charge in [-0.1, -0.05) is 53.4 Å². The molecule has 4 unspecified atom stereocenters. The topological polar surface area (TPSA) is 126 Å². The average molecular weight is 711 g/mol. The van der Waals surface area contributed by atoms with E-state index in [0.717, 1.165) is 62.5 Å². The van der Waals surface area contributed by atoms with Gasteiger partial charge in [-0.3, -0.25) is 0 Å². The van der Waals surface area contributed by atoms with Crippen LogP contribution in [0.5, 0.6) is 0 Å². The summed E-state index contributed by atoms with van der Waals surface area (Å²) in [6.45, 7) is 23.8. The van der Waals surface area contributed by atoms with Gasteiger partial charge in [0.1, 0.15) is 11.2 Å². The fourth-order valence-electron chi connectivity index (χ4n) is 5.43. The Kier molecular flexibility index (Phi) is 17.5. The van der Waals surface area contributed by atoms with Crippen LogP contribution in [0, 0.1) is 0 Å². The zero-order valence-corrected chi connectivity index (χ0v) is 32.5. The number of hydrogen-bond acceptors (Lipinski definition) is 12. The third-order valence-electron chi connectivity index (χ3n) is 9.79. The van der Waals surface area contributed by atoms with Crippen molar-refractivity contribution < 1.29 is 58.5 Å². The Hall–Kier alpha value is -2.42. The largest absolute Gasteiger partial charge is 0.385 e. The highest BCUT2D eigenvalue weighted by atomic mass is 17.2. The standard InChI is InChI=1S/C38H62O12/c1-13-17-21-41-47-35(9)25-31(37(11,29(7)27(35)5)49-43-23-19-15-3)33(39)45-46-34(40)32-26-36(10,48-42-22-18-14-2)28(6)30(8)38(32,12)50-44-24-20-16-4/h25-26H,13-24H2,1-12H3. The Labute approximate surface area is 299 Å². The highest BCUT2D eigenvalue weighted by Crippen LogP contribution is 2.45. The first kappa shape index (κ1) is 43.7. The minimum atomic E-state index is -1.40. The molecule has 286 valence electrons. The Balaban J connectivity index is 2.46. The van der Waals surface area contributed by atoms with Crippen LogP contribution >= 0.6 is 0 Å². The molecule has 0 aromatic heterocycles. The smallest absolute Gasteiger partial charge is 0.242 e. The summed E-state index contributed by atoms with van der Waals surface area (Å²) in [6, 6.07) is 0. The van der Waals surface area contributed by atoms with Gasteiger partial charge in [0.05, 0.1) is 37.6 Å². The van der Waals surface area contributed by atoms with E-state index in [1.165, 1.54) is 0 Å². The molecule has 2 aliphatic rings. The summed E-state index contributed by atoms with van der Waals surface area (Å²) in [5.41, 5.74) is -2.34. The molecule has 0 saturated heterocycles. The van der Waals surface area contributed by atoms with E-state index in [-0.39, 0.29) is 11.1 Å². The normalized spacial score (nSPS) is 27.0. The van der Waals surface area contributed by atoms with Crippen molar-refractivity contribution in [3.05, 3.63) is 45.6 Å². The van der Waals surface area contributed by atoms with Gasteiger partial charge in [-0.25, -0.2) is 58.5 Å². The van der Waals surface area contributed by atoms with E-state index < -0.39 is 34.3 Å². The van der Waals surface area contributed by atoms with Crippen molar-refractivity contribution in [1.82, 2.24) is 0 Å². The molecule has 4 atom stereocenters. The predicted octanol–water partition coefficient (Wildman–Crippen LogP) is 8.57. The first-order valence-electron chi connectivity index (χ1n) is 18.1. The van der Waals surface area contributed by atoms with Gasteiger partial charge in [0.25, 0.3) is 0 Å². The van der Waals surface area contributed by atoms with Crippen molar-refractivity contribution in [2.45, 2.75) is 157 Å². The Morgan fingerprint density at radius 1 is 0.480 bits per heavy atom. The minimum Gasteiger partial charge on any atom is -0.242 e. The molecule has 0 aromatic rings. The fourth-order valence-corrected chi connectivity index (χ4v) is 5.43. The van der Waals surface area contributed by atoms with Crippen LogP contribution in [0.4, 0.5) is 0 Å². The predicted molar refractivity (Wildman–Crippen MR) is 186 cm³/mol. The monoisotopic (exact) mass is 710 g/mol. The molecule has 0 amide bonds. The molecule has 0 bridgehead atoms. The fraction of sp³-hybridized carbons (Fsp3) is 0.737. The maximum absolute atomic E-state index is 13.9. The molecule has 0 saturated carbocycles. The van der Waals surface area contributed by atoms with Gasteiger partial charge in [-0.2, -0.15) is 0 Å². The molecule has 0 fully saturated rings. The molecular weight excluding hydrogens is 648 g/mol. The lowest BCUT2D eigenvalue weighted by atomic mass is 9.74. The number of carbonyl (C=O) groups excluding carboxylic acids is 2. The lowest BCUT2D eigenvalue weighted by molar-refractivity contribution is -0.349. The maximum atomic E-state index is 13.9. The molecular formula is C38H62O12. The van der Waals surface area contributed by atoms with E-state index in [2.05, 4.69) is 0 Å². The summed E-state index contributed by atoms with van der Waals surface area (Å²) in [6.07, 6.45) is 9.81. The second-order valence-corrected chi connectivity index (χ2v) is 13.7. The third-order valence-corrected chi connectivity index (χ3v) is 9.79. The highest BCUT2D eigenvalue weighted by Gasteiger charge is 2.51. The summed E-state index contributed by atoms with van der Waals surface area (Å²) in [5.74, 6) is -1.97. The van der Waals surface area contributed by atoms with Crippen LogP contribution in [0.25, 0.3) is 0 Å². The van der Waals surface area contributed by atoms with Crippen LogP contribution in [-0.2, 0) is 58.5 Å². The highest BCUT2D eigenvalue weighted by molar-refractivity contribution is 5.95. The number of carbonyl (C=O) groups is 2. The zero-order valence-electron chi connectivity index (χ0n) is 32.5. The van der Waals surface area contributed by atoms with Crippen molar-refractivity contribution >= 4 is 11.9 Å². The molecule has 12 heteroatoms. The molecule has 12 nitrogen and oxygen atoms in total. The summed E-state index contributed by atoms with van der Waals surface area (Å²) < 4.78 is 0. The third kappa shape index (κ3) is 10.6. The van der Waals surface area contributed by atoms with Crippen molar-refractivity contribution in [2.75, 3.05) is 26.4 Å². The molecule has 0 aliphatic heterocycles. The van der Waals surface area contributed by atoms with Gasteiger partial charge < -0.3 is 0 Å². The van der Waals surface area contributed by atoms with Crippen molar-refractivity contribution in [2.24, 2.45) is 0 Å². The molecule has 2 aliphatic carbocycles. The number of hydrogen-bond donors (Lipinski definition) is 0. The van der Waals surface area contributed by atoms with Crippen LogP contribution < -0.4 is 0 Å². The van der Waals surface area contributed by atoms with Crippen molar-refractivity contribution in [3.63, 3.8) is 0 Å². The minimum absolute atomic E-state index is 0.00422. The maximum Gasteiger partial charge on any atom is 0.385 e. The van der Waals surface area contributed by atoms with E-state index in [4.69, 9.17) is 48.9 Å². The number of unbranched alkanes of at least 4 members (excludes halogenated alkanes) is 4. The van der Waals surface area contributed by atoms with E-state index in [9.17, 15) is 9.59 Å². The van der Waals surface area contributed by atoms with Crippen molar-refractivity contribution in [3.8, 4) is 0 Å². The molecule has 0 spiro atoms. The van der Waals surface area contributed by atoms with Crippen LogP contribution in [0.1, 0.15) is 134 Å². The second kappa shape index (κ2) is 20.0. The lowest BCUT2D eigenvalue weighted by Gasteiger charge is -2.41. The van der Waals surface area contributed by atoms with Gasteiger partial charge in [0, 0.05) is 0 Å². The first-order chi connectivity index (χ1) is 23.6. The Morgan fingerprint density at radius 3 is 1.04 bits per heavy atom. The zero-order chi connectivity index (χ0) is 37.6. The van der Waals surface area contributed by atoms with Gasteiger partial charge >= 0.3 is 11.9 Å². The Bertz CT molecular complexity index is 1170. The second-order valence-electron chi connectivity index (χ2n) is 13.7. The molecule has 0 aromatic carbocycles. The molecule has 0 N–H and O–H groups in total. The van der Waals surface area contributed by atoms with Crippen LogP contribution in [0.3, 0.4) is 0 Å². The van der Waals surface area contributed by atoms with Crippen LogP contribution in [-0.4, -0.2) is 60.8 Å².